The number of benzene rings is 4. The molecule has 3 aromatic heterocycles. The Hall–Kier alpha value is -5.90. The second-order valence-corrected chi connectivity index (χ2v) is 12.0. The number of rotatable bonds is 4. The van der Waals surface area contributed by atoms with E-state index in [9.17, 15) is 0 Å². The first-order chi connectivity index (χ1) is 23.8. The molecule has 5 heteroatoms. The van der Waals surface area contributed by atoms with Crippen molar-refractivity contribution in [3.05, 3.63) is 168 Å². The first-order valence-electron chi connectivity index (χ1n) is 16.2. The SMILES string of the molecule is C1=Cc2nc1c(-c1ccccc1)c1nc(c(-c3ccccc3)c3ccc([nH]3)c(-c3ccccc3)c3ccc([nH]3)c2-c2ccccc2)C=C1.[Zn]. The van der Waals surface area contributed by atoms with Crippen LogP contribution in [0.4, 0.5) is 0 Å². The molecule has 5 heterocycles. The van der Waals surface area contributed by atoms with E-state index in [2.05, 4.69) is 162 Å². The second kappa shape index (κ2) is 13.0. The maximum Gasteiger partial charge on any atom is 0.0738 e. The van der Waals surface area contributed by atoms with E-state index in [1.807, 2.05) is 18.2 Å². The van der Waals surface area contributed by atoms with Crippen LogP contribution in [0.2, 0.25) is 0 Å². The number of nitrogens with one attached hydrogen (secondary N) is 2. The van der Waals surface area contributed by atoms with Gasteiger partial charge in [0.05, 0.1) is 22.8 Å². The predicted molar refractivity (Wildman–Crippen MR) is 201 cm³/mol. The zero-order chi connectivity index (χ0) is 31.9. The van der Waals surface area contributed by atoms with Crippen molar-refractivity contribution in [2.24, 2.45) is 0 Å². The van der Waals surface area contributed by atoms with E-state index in [1.54, 1.807) is 0 Å². The van der Waals surface area contributed by atoms with Crippen LogP contribution in [0.15, 0.2) is 146 Å². The van der Waals surface area contributed by atoms with Crippen LogP contribution in [0.1, 0.15) is 22.8 Å². The van der Waals surface area contributed by atoms with E-state index in [0.29, 0.717) is 0 Å². The van der Waals surface area contributed by atoms with Crippen LogP contribution in [0.3, 0.4) is 0 Å². The van der Waals surface area contributed by atoms with Gasteiger partial charge in [-0.05, 0) is 70.8 Å². The summed E-state index contributed by atoms with van der Waals surface area (Å²) in [4.78, 5) is 18.3. The fraction of sp³-hybridized carbons (Fsp3) is 0. The third kappa shape index (κ3) is 5.59. The molecule has 49 heavy (non-hydrogen) atoms. The van der Waals surface area contributed by atoms with E-state index in [-0.39, 0.29) is 19.5 Å². The largest absolute Gasteiger partial charge is 0.354 e. The Balaban J connectivity index is 0.00000348. The summed E-state index contributed by atoms with van der Waals surface area (Å²) in [5, 5.41) is 0. The van der Waals surface area contributed by atoms with Gasteiger partial charge in [-0.25, -0.2) is 9.97 Å². The number of hydrogen-bond donors (Lipinski definition) is 2. The third-order valence-electron chi connectivity index (χ3n) is 9.00. The Morgan fingerprint density at radius 3 is 0.898 bits per heavy atom. The zero-order valence-corrected chi connectivity index (χ0v) is 29.7. The summed E-state index contributed by atoms with van der Waals surface area (Å²) in [7, 11) is 0. The number of H-pyrrole nitrogens is 2. The third-order valence-corrected chi connectivity index (χ3v) is 9.00. The molecule has 0 spiro atoms. The van der Waals surface area contributed by atoms with Crippen LogP contribution in [-0.4, -0.2) is 19.9 Å². The van der Waals surface area contributed by atoms with Gasteiger partial charge in [-0.2, -0.15) is 0 Å². The summed E-state index contributed by atoms with van der Waals surface area (Å²) in [6.07, 6.45) is 8.50. The Bertz CT molecular complexity index is 2390. The van der Waals surface area contributed by atoms with Gasteiger partial charge in [0, 0.05) is 63.8 Å². The zero-order valence-electron chi connectivity index (χ0n) is 26.8. The van der Waals surface area contributed by atoms with Crippen LogP contribution < -0.4 is 0 Å². The quantitative estimate of drug-likeness (QED) is 0.182. The topological polar surface area (TPSA) is 57.4 Å². The summed E-state index contributed by atoms with van der Waals surface area (Å²) in [6, 6.07) is 50.7. The van der Waals surface area contributed by atoms with Crippen molar-refractivity contribution >= 4 is 46.4 Å². The molecule has 4 nitrogen and oxygen atoms in total. The van der Waals surface area contributed by atoms with Crippen molar-refractivity contribution in [2.45, 2.75) is 0 Å². The second-order valence-electron chi connectivity index (χ2n) is 12.0. The monoisotopic (exact) mass is 678 g/mol. The normalized spacial score (nSPS) is 11.8. The Kier molecular flexibility index (Phi) is 8.05. The van der Waals surface area contributed by atoms with Gasteiger partial charge < -0.3 is 9.97 Å². The van der Waals surface area contributed by atoms with Gasteiger partial charge in [-0.1, -0.05) is 121 Å². The minimum atomic E-state index is 0. The van der Waals surface area contributed by atoms with Crippen molar-refractivity contribution in [3.8, 4) is 44.5 Å². The van der Waals surface area contributed by atoms with Gasteiger partial charge in [-0.3, -0.25) is 0 Å². The first-order valence-corrected chi connectivity index (χ1v) is 16.2. The first kappa shape index (κ1) is 30.4. The molecule has 0 saturated heterocycles. The van der Waals surface area contributed by atoms with E-state index in [0.717, 1.165) is 89.4 Å². The molecule has 2 aliphatic rings. The van der Waals surface area contributed by atoms with Crippen molar-refractivity contribution in [1.29, 1.82) is 0 Å². The van der Waals surface area contributed by atoms with Crippen molar-refractivity contribution in [2.75, 3.05) is 0 Å². The number of aromatic nitrogens is 4. The summed E-state index contributed by atoms with van der Waals surface area (Å²) in [6.45, 7) is 0. The van der Waals surface area contributed by atoms with Gasteiger partial charge in [0.25, 0.3) is 0 Å². The van der Waals surface area contributed by atoms with Crippen LogP contribution in [-0.2, 0) is 19.5 Å². The van der Waals surface area contributed by atoms with Crippen molar-refractivity contribution in [1.82, 2.24) is 19.9 Å². The van der Waals surface area contributed by atoms with Crippen molar-refractivity contribution in [3.63, 3.8) is 0 Å². The average molecular weight is 680 g/mol. The Morgan fingerprint density at radius 1 is 0.286 bits per heavy atom. The molecule has 0 atom stereocenters. The van der Waals surface area contributed by atoms with E-state index in [1.165, 1.54) is 0 Å². The summed E-state index contributed by atoms with van der Waals surface area (Å²) >= 11 is 0. The summed E-state index contributed by atoms with van der Waals surface area (Å²) < 4.78 is 0. The minimum Gasteiger partial charge on any atom is -0.354 e. The summed E-state index contributed by atoms with van der Waals surface area (Å²) in [5.41, 5.74) is 16.2. The fourth-order valence-electron chi connectivity index (χ4n) is 6.84. The van der Waals surface area contributed by atoms with Crippen molar-refractivity contribution < 1.29 is 19.5 Å². The van der Waals surface area contributed by atoms with Crippen LogP contribution in [0.5, 0.6) is 0 Å². The molecule has 0 radical (unpaired) electrons. The number of aromatic amines is 2. The molecule has 228 valence electrons. The van der Waals surface area contributed by atoms with Gasteiger partial charge >= 0.3 is 0 Å². The standard InChI is InChI=1S/C44H30N4.Zn/c1-5-13-29(14-6-1)41-33-21-23-35(45-33)42(30-15-7-2-8-16-30)37-25-27-39(47-37)44(32-19-11-4-12-20-32)40-28-26-38(48-40)43(31-17-9-3-10-18-31)36-24-22-34(41)46-36;/h1-28,45-46H;. The van der Waals surface area contributed by atoms with Gasteiger partial charge in [0.15, 0.2) is 0 Å². The fourth-order valence-corrected chi connectivity index (χ4v) is 6.84. The summed E-state index contributed by atoms with van der Waals surface area (Å²) in [5.74, 6) is 0. The van der Waals surface area contributed by atoms with E-state index < -0.39 is 0 Å². The molecule has 2 aliphatic heterocycles. The molecule has 2 N–H and O–H groups in total. The maximum absolute atomic E-state index is 5.33. The van der Waals surface area contributed by atoms with Crippen LogP contribution in [0, 0.1) is 0 Å². The molecule has 0 unspecified atom stereocenters. The molecule has 8 bridgehead atoms. The number of hydrogen-bond acceptors (Lipinski definition) is 2. The van der Waals surface area contributed by atoms with Gasteiger partial charge in [-0.15, -0.1) is 0 Å². The molecule has 0 amide bonds. The molecular formula is C44H30N4Zn. The van der Waals surface area contributed by atoms with Gasteiger partial charge in [0.2, 0.25) is 0 Å². The van der Waals surface area contributed by atoms with E-state index >= 15 is 0 Å². The molecule has 0 saturated carbocycles. The van der Waals surface area contributed by atoms with Gasteiger partial charge in [0.1, 0.15) is 0 Å². The smallest absolute Gasteiger partial charge is 0.0738 e. The minimum absolute atomic E-state index is 0. The maximum atomic E-state index is 5.33. The molecule has 9 rings (SSSR count). The van der Waals surface area contributed by atoms with E-state index in [4.69, 9.17) is 9.97 Å². The number of fused-ring (bicyclic) bond motifs is 8. The molecule has 4 aromatic carbocycles. The van der Waals surface area contributed by atoms with Crippen LogP contribution >= 0.6 is 0 Å². The predicted octanol–water partition coefficient (Wildman–Crippen LogP) is 11.3. The Labute approximate surface area is 297 Å². The molecular weight excluding hydrogens is 650 g/mol. The molecule has 7 aromatic rings. The Morgan fingerprint density at radius 2 is 0.551 bits per heavy atom. The van der Waals surface area contributed by atoms with Crippen LogP contribution in [0.25, 0.3) is 90.9 Å². The average Bonchev–Trinajstić information content (AvgIpc) is 3.98. The molecule has 0 aliphatic carbocycles. The number of nitrogens with zero attached hydrogens (tertiary/aromatic N) is 2. The molecule has 0 fully saturated rings.